The number of benzene rings is 2. The van der Waals surface area contributed by atoms with Crippen molar-refractivity contribution < 1.29 is 19.2 Å². The molecule has 0 saturated heterocycles. The predicted molar refractivity (Wildman–Crippen MR) is 105 cm³/mol. The van der Waals surface area contributed by atoms with Gasteiger partial charge in [0.15, 0.2) is 5.16 Å². The Balaban J connectivity index is 0.00000261. The van der Waals surface area contributed by atoms with E-state index in [0.29, 0.717) is 15.2 Å². The standard InChI is InChI=1S/C19H22N3O3S.H2O/c1-22(2,3)17-10-9-13(18(23)25-4)11-14(17)12-26(24)19-20-15-7-5-6-8-16(15)21-19;/h5-11H,12H2,1-4H3,(H,20,21);1H2/q+1;/p-1. The van der Waals surface area contributed by atoms with Gasteiger partial charge in [-0.2, -0.15) is 0 Å². The lowest BCUT2D eigenvalue weighted by molar-refractivity contribution is 0.0600. The summed E-state index contributed by atoms with van der Waals surface area (Å²) in [6.07, 6.45) is 0. The molecule has 2 N–H and O–H groups in total. The Hall–Kier alpha value is -2.55. The minimum atomic E-state index is -1.36. The summed E-state index contributed by atoms with van der Waals surface area (Å²) in [6.45, 7) is 0. The molecule has 3 rings (SSSR count). The average Bonchev–Trinajstić information content (AvgIpc) is 3.04. The van der Waals surface area contributed by atoms with E-state index >= 15 is 0 Å². The van der Waals surface area contributed by atoms with Gasteiger partial charge >= 0.3 is 5.97 Å². The summed E-state index contributed by atoms with van der Waals surface area (Å²) in [4.78, 5) is 19.4. The Morgan fingerprint density at radius 3 is 2.52 bits per heavy atom. The number of esters is 1. The largest absolute Gasteiger partial charge is 0.870 e. The highest BCUT2D eigenvalue weighted by molar-refractivity contribution is 7.84. The molecule has 2 aromatic carbocycles. The first-order valence-electron chi connectivity index (χ1n) is 8.16. The van der Waals surface area contributed by atoms with Crippen molar-refractivity contribution in [3.05, 3.63) is 53.6 Å². The summed E-state index contributed by atoms with van der Waals surface area (Å²) in [7, 11) is 6.07. The van der Waals surface area contributed by atoms with Crippen LogP contribution in [0.1, 0.15) is 15.9 Å². The number of imidazole rings is 1. The summed E-state index contributed by atoms with van der Waals surface area (Å²) >= 11 is 0. The summed E-state index contributed by atoms with van der Waals surface area (Å²) in [5.41, 5.74) is 3.90. The fourth-order valence-corrected chi connectivity index (χ4v) is 3.92. The quantitative estimate of drug-likeness (QED) is 0.534. The highest BCUT2D eigenvalue weighted by Crippen LogP contribution is 2.27. The van der Waals surface area contributed by atoms with Gasteiger partial charge < -0.3 is 15.2 Å². The molecule has 1 unspecified atom stereocenters. The first-order chi connectivity index (χ1) is 12.3. The monoisotopic (exact) mass is 389 g/mol. The van der Waals surface area contributed by atoms with Crippen LogP contribution in [0.25, 0.3) is 11.0 Å². The number of hydrogen-bond donors (Lipinski definition) is 1. The highest BCUT2D eigenvalue weighted by Gasteiger charge is 2.22. The first kappa shape index (κ1) is 20.8. The molecule has 0 bridgehead atoms. The van der Waals surface area contributed by atoms with Crippen molar-refractivity contribution in [2.24, 2.45) is 0 Å². The van der Waals surface area contributed by atoms with E-state index in [9.17, 15) is 9.00 Å². The third-order valence-electron chi connectivity index (χ3n) is 4.09. The van der Waals surface area contributed by atoms with Crippen LogP contribution in [0.2, 0.25) is 0 Å². The molecule has 0 aliphatic rings. The second kappa shape index (κ2) is 7.99. The molecule has 7 nitrogen and oxygen atoms in total. The molecule has 1 heterocycles. The molecule has 0 aliphatic heterocycles. The maximum atomic E-state index is 12.9. The molecular weight excluding hydrogens is 366 g/mol. The van der Waals surface area contributed by atoms with Gasteiger partial charge in [-0.3, -0.25) is 8.69 Å². The van der Waals surface area contributed by atoms with Crippen molar-refractivity contribution in [1.29, 1.82) is 0 Å². The molecule has 1 atom stereocenters. The number of nitrogens with one attached hydrogen (secondary N) is 1. The molecule has 0 radical (unpaired) electrons. The van der Waals surface area contributed by atoms with Crippen LogP contribution in [0.4, 0.5) is 5.69 Å². The second-order valence-corrected chi connectivity index (χ2v) is 8.26. The maximum absolute atomic E-state index is 12.9. The predicted octanol–water partition coefficient (Wildman–Crippen LogP) is 2.68. The van der Waals surface area contributed by atoms with Crippen LogP contribution in [0.5, 0.6) is 0 Å². The number of carbonyl (C=O) groups excluding carboxylic acids is 1. The normalized spacial score (nSPS) is 12.4. The Morgan fingerprint density at radius 2 is 1.89 bits per heavy atom. The molecule has 0 amide bonds. The van der Waals surface area contributed by atoms with E-state index in [0.717, 1.165) is 22.3 Å². The lowest BCUT2D eigenvalue weighted by Crippen LogP contribution is -2.36. The van der Waals surface area contributed by atoms with E-state index < -0.39 is 16.8 Å². The highest BCUT2D eigenvalue weighted by atomic mass is 32.2. The van der Waals surface area contributed by atoms with Gasteiger partial charge in [0.05, 0.1) is 61.4 Å². The summed E-state index contributed by atoms with van der Waals surface area (Å²) < 4.78 is 18.3. The number of carbonyl (C=O) groups is 1. The number of methoxy groups -OCH3 is 1. The van der Waals surface area contributed by atoms with Crippen molar-refractivity contribution in [3.8, 4) is 0 Å². The van der Waals surface area contributed by atoms with Crippen LogP contribution in [-0.2, 0) is 21.3 Å². The number of hydrogen-bond acceptors (Lipinski definition) is 5. The number of aromatic nitrogens is 2. The van der Waals surface area contributed by atoms with E-state index in [1.54, 1.807) is 12.1 Å². The number of ether oxygens (including phenoxy) is 1. The number of H-pyrrole nitrogens is 1. The topological polar surface area (TPSA) is 102 Å². The lowest BCUT2D eigenvalue weighted by Gasteiger charge is -2.26. The van der Waals surface area contributed by atoms with Gasteiger partial charge in [-0.15, -0.1) is 0 Å². The molecule has 0 fully saturated rings. The van der Waals surface area contributed by atoms with Gasteiger partial charge in [0.25, 0.3) is 0 Å². The van der Waals surface area contributed by atoms with Gasteiger partial charge in [0.2, 0.25) is 0 Å². The van der Waals surface area contributed by atoms with Crippen LogP contribution in [0.15, 0.2) is 47.6 Å². The van der Waals surface area contributed by atoms with Crippen LogP contribution >= 0.6 is 0 Å². The fraction of sp³-hybridized carbons (Fsp3) is 0.263. The molecule has 0 spiro atoms. The Kier molecular flexibility index (Phi) is 6.15. The van der Waals surface area contributed by atoms with Crippen molar-refractivity contribution in [1.82, 2.24) is 14.5 Å². The minimum Gasteiger partial charge on any atom is -0.870 e. The second-order valence-electron chi connectivity index (χ2n) is 6.90. The zero-order valence-corrected chi connectivity index (χ0v) is 16.5. The summed E-state index contributed by atoms with van der Waals surface area (Å²) in [5.74, 6) is -0.149. The number of nitrogens with zero attached hydrogens (tertiary/aromatic N) is 2. The first-order valence-corrected chi connectivity index (χ1v) is 9.48. The zero-order valence-electron chi connectivity index (χ0n) is 15.7. The Labute approximate surface area is 160 Å². The molecule has 0 saturated carbocycles. The van der Waals surface area contributed by atoms with Gasteiger partial charge in [0.1, 0.15) is 5.69 Å². The molecule has 3 aromatic rings. The average molecular weight is 389 g/mol. The third kappa shape index (κ3) is 4.41. The zero-order chi connectivity index (χ0) is 18.9. The molecule has 0 aliphatic carbocycles. The minimum absolute atomic E-state index is 0. The van der Waals surface area contributed by atoms with E-state index in [-0.39, 0.29) is 11.2 Å². The maximum Gasteiger partial charge on any atom is 0.337 e. The molecule has 144 valence electrons. The molecule has 8 heteroatoms. The SMILES string of the molecule is COC(=O)c1ccc([N+](C)(C)C)c(CS(=O)c2nc3ccccc3[nH]2)c1.[OH-]. The Morgan fingerprint density at radius 1 is 1.19 bits per heavy atom. The molecule has 27 heavy (non-hydrogen) atoms. The summed E-state index contributed by atoms with van der Waals surface area (Å²) in [6, 6.07) is 13.0. The van der Waals surface area contributed by atoms with Gasteiger partial charge in [-0.1, -0.05) is 12.1 Å². The number of para-hydroxylation sites is 2. The van der Waals surface area contributed by atoms with Gasteiger partial charge in [0, 0.05) is 11.6 Å². The van der Waals surface area contributed by atoms with Crippen LogP contribution in [-0.4, -0.2) is 53.9 Å². The van der Waals surface area contributed by atoms with Crippen molar-refractivity contribution in [3.63, 3.8) is 0 Å². The fourth-order valence-electron chi connectivity index (χ4n) is 2.85. The van der Waals surface area contributed by atoms with Crippen LogP contribution < -0.4 is 4.48 Å². The Bertz CT molecular complexity index is 959. The van der Waals surface area contributed by atoms with Crippen molar-refractivity contribution in [2.45, 2.75) is 10.9 Å². The molecular formula is C19H23N3O4S. The van der Waals surface area contributed by atoms with Crippen LogP contribution in [0, 0.1) is 0 Å². The van der Waals surface area contributed by atoms with Crippen LogP contribution in [0.3, 0.4) is 0 Å². The number of aromatic amines is 1. The van der Waals surface area contributed by atoms with Crippen molar-refractivity contribution >= 4 is 33.5 Å². The van der Waals surface area contributed by atoms with Gasteiger partial charge in [-0.05, 0) is 24.3 Å². The molecule has 1 aromatic heterocycles. The third-order valence-corrected chi connectivity index (χ3v) is 5.29. The van der Waals surface area contributed by atoms with E-state index in [2.05, 4.69) is 9.97 Å². The summed E-state index contributed by atoms with van der Waals surface area (Å²) in [5, 5.41) is 0.432. The smallest absolute Gasteiger partial charge is 0.337 e. The number of quaternary nitrogens is 1. The van der Waals surface area contributed by atoms with E-state index in [1.807, 2.05) is 51.5 Å². The number of fused-ring (bicyclic) bond motifs is 1. The van der Waals surface area contributed by atoms with Crippen molar-refractivity contribution in [2.75, 3.05) is 28.3 Å². The van der Waals surface area contributed by atoms with Gasteiger partial charge in [-0.25, -0.2) is 9.78 Å². The number of rotatable bonds is 5. The lowest BCUT2D eigenvalue weighted by atomic mass is 10.1. The van der Waals surface area contributed by atoms with E-state index in [1.165, 1.54) is 7.11 Å². The van der Waals surface area contributed by atoms with E-state index in [4.69, 9.17) is 4.74 Å².